The van der Waals surface area contributed by atoms with Crippen molar-refractivity contribution in [2.24, 2.45) is 0 Å². The molecule has 1 amide bonds. The van der Waals surface area contributed by atoms with E-state index in [-0.39, 0.29) is 40.4 Å². The number of pyridine rings is 1. The van der Waals surface area contributed by atoms with Gasteiger partial charge in [-0.15, -0.1) is 0 Å². The summed E-state index contributed by atoms with van der Waals surface area (Å²) in [7, 11) is 0. The van der Waals surface area contributed by atoms with Gasteiger partial charge in [0.25, 0.3) is 11.5 Å². The van der Waals surface area contributed by atoms with Crippen LogP contribution in [0, 0.1) is 6.92 Å². The average Bonchev–Trinajstić information content (AvgIpc) is 3.67. The highest BCUT2D eigenvalue weighted by molar-refractivity contribution is 5.93. The largest absolute Gasteiger partial charge is 0.418 e. The topological polar surface area (TPSA) is 126 Å². The number of hydrogen-bond acceptors (Lipinski definition) is 8. The van der Waals surface area contributed by atoms with Crippen LogP contribution in [0.5, 0.6) is 0 Å². The Labute approximate surface area is 209 Å². The number of H-pyrrole nitrogens is 1. The molecule has 1 aliphatic heterocycles. The maximum atomic E-state index is 13.8. The van der Waals surface area contributed by atoms with E-state index in [1.165, 1.54) is 26.2 Å². The minimum Gasteiger partial charge on any atom is -0.375 e. The average molecular weight is 518 g/mol. The number of hydrogen-bond donors (Lipinski definition) is 2. The Bertz CT molecular complexity index is 1360. The van der Waals surface area contributed by atoms with E-state index in [1.54, 1.807) is 4.90 Å². The summed E-state index contributed by atoms with van der Waals surface area (Å²) in [5.41, 5.74) is -2.10. The summed E-state index contributed by atoms with van der Waals surface area (Å²) in [4.78, 5) is 45.5. The number of nitrogens with one attached hydrogen (secondary N) is 2. The lowest BCUT2D eigenvalue weighted by Crippen LogP contribution is -2.41. The van der Waals surface area contributed by atoms with Crippen LogP contribution >= 0.6 is 0 Å². The number of carbonyl (C=O) groups is 1. The molecule has 0 aromatic carbocycles. The van der Waals surface area contributed by atoms with Gasteiger partial charge in [-0.25, -0.2) is 19.9 Å². The highest BCUT2D eigenvalue weighted by Gasteiger charge is 2.37. The van der Waals surface area contributed by atoms with E-state index in [0.29, 0.717) is 19.2 Å². The first-order valence-electron chi connectivity index (χ1n) is 12.1. The van der Waals surface area contributed by atoms with Gasteiger partial charge in [-0.3, -0.25) is 9.59 Å². The van der Waals surface area contributed by atoms with Gasteiger partial charge in [-0.2, -0.15) is 13.2 Å². The molecule has 37 heavy (non-hydrogen) atoms. The summed E-state index contributed by atoms with van der Waals surface area (Å²) >= 11 is 0. The second-order valence-corrected chi connectivity index (χ2v) is 9.43. The Morgan fingerprint density at radius 2 is 1.78 bits per heavy atom. The first kappa shape index (κ1) is 25.1. The van der Waals surface area contributed by atoms with Gasteiger partial charge < -0.3 is 19.9 Å². The van der Waals surface area contributed by atoms with Gasteiger partial charge in [0, 0.05) is 25.5 Å². The first-order valence-corrected chi connectivity index (χ1v) is 12.1. The number of fused-ring (bicyclic) bond motifs is 1. The van der Waals surface area contributed by atoms with E-state index in [9.17, 15) is 22.8 Å². The Balaban J connectivity index is 1.30. The SMILES string of the molecule is Cc1nc2cc(C(F)(F)F)c(C(C)Nc3ncc(C(=O)N4CCC(OC5CC5)CC4)cn3)nc2c(=O)[nH]1. The summed E-state index contributed by atoms with van der Waals surface area (Å²) in [5, 5.41) is 2.78. The summed E-state index contributed by atoms with van der Waals surface area (Å²) in [5.74, 6) is -0.000978. The lowest BCUT2D eigenvalue weighted by atomic mass is 10.1. The molecule has 2 aliphatic rings. The molecule has 5 rings (SSSR count). The fraction of sp³-hybridized carbons (Fsp3) is 0.500. The molecule has 10 nitrogen and oxygen atoms in total. The quantitative estimate of drug-likeness (QED) is 0.510. The normalized spacial score (nSPS) is 17.7. The molecule has 13 heteroatoms. The van der Waals surface area contributed by atoms with E-state index < -0.39 is 29.0 Å². The summed E-state index contributed by atoms with van der Waals surface area (Å²) in [6.45, 7) is 4.09. The number of likely N-dealkylation sites (tertiary alicyclic amines) is 1. The molecule has 1 unspecified atom stereocenters. The molecule has 3 aromatic heterocycles. The summed E-state index contributed by atoms with van der Waals surface area (Å²) in [6, 6.07) is -0.187. The van der Waals surface area contributed by atoms with Crippen molar-refractivity contribution < 1.29 is 22.7 Å². The molecular formula is C24H26F3N7O3. The molecule has 2 N–H and O–H groups in total. The van der Waals surface area contributed by atoms with Crippen LogP contribution in [0.4, 0.5) is 19.1 Å². The molecule has 1 saturated carbocycles. The number of nitrogens with zero attached hydrogens (tertiary/aromatic N) is 5. The van der Waals surface area contributed by atoms with E-state index in [4.69, 9.17) is 4.74 Å². The molecule has 1 atom stereocenters. The highest BCUT2D eigenvalue weighted by Crippen LogP contribution is 2.35. The number of piperidine rings is 1. The number of carbonyl (C=O) groups excluding carboxylic acids is 1. The Morgan fingerprint density at radius 3 is 2.41 bits per heavy atom. The van der Waals surface area contributed by atoms with Gasteiger partial charge in [-0.1, -0.05) is 0 Å². The van der Waals surface area contributed by atoms with Crippen molar-refractivity contribution in [3.05, 3.63) is 51.5 Å². The number of amides is 1. The molecule has 0 bridgehead atoms. The minimum atomic E-state index is -4.72. The number of ether oxygens (including phenoxy) is 1. The molecule has 2 fully saturated rings. The zero-order valence-corrected chi connectivity index (χ0v) is 20.3. The van der Waals surface area contributed by atoms with Crippen molar-refractivity contribution >= 4 is 22.9 Å². The van der Waals surface area contributed by atoms with Gasteiger partial charge in [0.15, 0.2) is 5.52 Å². The molecule has 196 valence electrons. The highest BCUT2D eigenvalue weighted by atomic mass is 19.4. The van der Waals surface area contributed by atoms with Gasteiger partial charge in [0.2, 0.25) is 5.95 Å². The van der Waals surface area contributed by atoms with Gasteiger partial charge in [0.1, 0.15) is 5.82 Å². The van der Waals surface area contributed by atoms with Gasteiger partial charge in [0.05, 0.1) is 40.6 Å². The number of anilines is 1. The molecular weight excluding hydrogens is 491 g/mol. The van der Waals surface area contributed by atoms with E-state index >= 15 is 0 Å². The third-order valence-corrected chi connectivity index (χ3v) is 6.43. The molecule has 1 aliphatic carbocycles. The van der Waals surface area contributed by atoms with Crippen LogP contribution in [-0.2, 0) is 10.9 Å². The summed E-state index contributed by atoms with van der Waals surface area (Å²) < 4.78 is 47.4. The zero-order valence-electron chi connectivity index (χ0n) is 20.3. The number of halogens is 3. The van der Waals surface area contributed by atoms with Crippen molar-refractivity contribution in [1.82, 2.24) is 29.8 Å². The Morgan fingerprint density at radius 1 is 1.14 bits per heavy atom. The smallest absolute Gasteiger partial charge is 0.375 e. The van der Waals surface area contributed by atoms with Crippen molar-refractivity contribution in [2.75, 3.05) is 18.4 Å². The second-order valence-electron chi connectivity index (χ2n) is 9.43. The number of aryl methyl sites for hydroxylation is 1. The van der Waals surface area contributed by atoms with Crippen molar-refractivity contribution in [3.8, 4) is 0 Å². The molecule has 0 spiro atoms. The van der Waals surface area contributed by atoms with Crippen LogP contribution in [-0.4, -0.2) is 61.0 Å². The van der Waals surface area contributed by atoms with Crippen LogP contribution in [0.25, 0.3) is 11.0 Å². The maximum Gasteiger partial charge on any atom is 0.418 e. The number of aromatic amines is 1. The van der Waals surface area contributed by atoms with Crippen molar-refractivity contribution in [2.45, 2.75) is 64.0 Å². The fourth-order valence-electron chi connectivity index (χ4n) is 4.39. The zero-order chi connectivity index (χ0) is 26.3. The van der Waals surface area contributed by atoms with Crippen molar-refractivity contribution in [1.29, 1.82) is 0 Å². The third-order valence-electron chi connectivity index (χ3n) is 6.43. The van der Waals surface area contributed by atoms with Crippen LogP contribution in [0.1, 0.15) is 66.1 Å². The predicted molar refractivity (Wildman–Crippen MR) is 127 cm³/mol. The van der Waals surface area contributed by atoms with Gasteiger partial charge in [-0.05, 0) is 45.6 Å². The lowest BCUT2D eigenvalue weighted by Gasteiger charge is -2.32. The Hall–Kier alpha value is -3.61. The standard InChI is InChI=1S/C24H26F3N7O3/c1-12(19-17(24(25,26)27)9-18-20(33-19)21(35)32-13(2)31-18)30-23-28-10-14(11-29-23)22(36)34-7-5-16(6-8-34)37-15-3-4-15/h9-12,15-16H,3-8H2,1-2H3,(H,28,29,30)(H,31,32,35). The number of alkyl halides is 3. The second kappa shape index (κ2) is 9.69. The molecule has 3 aromatic rings. The monoisotopic (exact) mass is 517 g/mol. The summed E-state index contributed by atoms with van der Waals surface area (Å²) in [6.07, 6.45) is 2.29. The van der Waals surface area contributed by atoms with Crippen LogP contribution < -0.4 is 10.9 Å². The first-order chi connectivity index (χ1) is 17.6. The van der Waals surface area contributed by atoms with Gasteiger partial charge >= 0.3 is 6.18 Å². The number of aromatic nitrogens is 5. The van der Waals surface area contributed by atoms with Crippen LogP contribution in [0.3, 0.4) is 0 Å². The molecule has 1 saturated heterocycles. The van der Waals surface area contributed by atoms with Crippen molar-refractivity contribution in [3.63, 3.8) is 0 Å². The Kier molecular flexibility index (Phi) is 6.56. The van der Waals surface area contributed by atoms with E-state index in [2.05, 4.69) is 30.2 Å². The van der Waals surface area contributed by atoms with E-state index in [1.807, 2.05) is 0 Å². The van der Waals surface area contributed by atoms with Crippen LogP contribution in [0.15, 0.2) is 23.3 Å². The lowest BCUT2D eigenvalue weighted by molar-refractivity contribution is -0.138. The minimum absolute atomic E-state index is 0.0200. The predicted octanol–water partition coefficient (Wildman–Crippen LogP) is 3.39. The molecule has 0 radical (unpaired) electrons. The van der Waals surface area contributed by atoms with Crippen LogP contribution in [0.2, 0.25) is 0 Å². The van der Waals surface area contributed by atoms with E-state index in [0.717, 1.165) is 31.7 Å². The molecule has 4 heterocycles. The number of rotatable bonds is 6. The fourth-order valence-corrected chi connectivity index (χ4v) is 4.39. The maximum absolute atomic E-state index is 13.8. The third kappa shape index (κ3) is 5.55.